The molecule has 2 unspecified atom stereocenters. The maximum atomic E-state index is 12.4. The van der Waals surface area contributed by atoms with E-state index in [1.807, 2.05) is 31.2 Å². The Morgan fingerprint density at radius 1 is 1.40 bits per heavy atom. The summed E-state index contributed by atoms with van der Waals surface area (Å²) < 4.78 is 6.07. The van der Waals surface area contributed by atoms with Crippen LogP contribution in [0.25, 0.3) is 0 Å². The van der Waals surface area contributed by atoms with Crippen LogP contribution in [0, 0.1) is 17.0 Å². The summed E-state index contributed by atoms with van der Waals surface area (Å²) >= 11 is 0. The Labute approximate surface area is 144 Å². The van der Waals surface area contributed by atoms with Gasteiger partial charge in [-0.2, -0.15) is 0 Å². The van der Waals surface area contributed by atoms with E-state index in [4.69, 9.17) is 4.74 Å². The van der Waals surface area contributed by atoms with Gasteiger partial charge in [0, 0.05) is 0 Å². The minimum absolute atomic E-state index is 0.0649. The highest BCUT2D eigenvalue weighted by Gasteiger charge is 2.31. The van der Waals surface area contributed by atoms with Crippen molar-refractivity contribution < 1.29 is 14.5 Å². The molecule has 2 atom stereocenters. The van der Waals surface area contributed by atoms with Crippen molar-refractivity contribution in [3.05, 3.63) is 51.7 Å². The molecule has 0 spiro atoms. The Kier molecular flexibility index (Phi) is 4.97. The molecule has 2 aromatic rings. The quantitative estimate of drug-likeness (QED) is 0.640. The highest BCUT2D eigenvalue weighted by Crippen LogP contribution is 2.25. The number of aromatic amines is 1. The zero-order chi connectivity index (χ0) is 17.8. The van der Waals surface area contributed by atoms with Crippen molar-refractivity contribution >= 4 is 11.7 Å². The van der Waals surface area contributed by atoms with Crippen molar-refractivity contribution in [2.75, 3.05) is 0 Å². The molecule has 1 aliphatic carbocycles. The van der Waals surface area contributed by atoms with Gasteiger partial charge in [-0.05, 0) is 48.8 Å². The fraction of sp³-hybridized carbons (Fsp3) is 0.412. The first kappa shape index (κ1) is 16.9. The van der Waals surface area contributed by atoms with Crippen LogP contribution in [0.1, 0.15) is 41.6 Å². The molecule has 1 fully saturated rings. The second-order valence-electron chi connectivity index (χ2n) is 6.23. The molecule has 8 nitrogen and oxygen atoms in total. The van der Waals surface area contributed by atoms with Crippen LogP contribution in [0.4, 0.5) is 5.82 Å². The number of benzene rings is 1. The molecule has 2 N–H and O–H groups in total. The first-order chi connectivity index (χ1) is 12.0. The van der Waals surface area contributed by atoms with E-state index >= 15 is 0 Å². The molecule has 132 valence electrons. The van der Waals surface area contributed by atoms with Crippen molar-refractivity contribution in [1.82, 2.24) is 15.5 Å². The largest absolute Gasteiger partial charge is 0.488 e. The molecular formula is C17H20N4O4. The lowest BCUT2D eigenvalue weighted by atomic mass is 9.92. The van der Waals surface area contributed by atoms with Crippen LogP contribution >= 0.6 is 0 Å². The number of aromatic nitrogens is 2. The lowest BCUT2D eigenvalue weighted by Crippen LogP contribution is -2.47. The summed E-state index contributed by atoms with van der Waals surface area (Å²) in [6.07, 6.45) is 4.61. The molecule has 25 heavy (non-hydrogen) atoms. The fourth-order valence-corrected chi connectivity index (χ4v) is 3.10. The summed E-state index contributed by atoms with van der Waals surface area (Å²) in [5.74, 6) is -0.143. The normalized spacial score (nSPS) is 20.0. The van der Waals surface area contributed by atoms with Gasteiger partial charge in [0.05, 0.1) is 12.2 Å². The third kappa shape index (κ3) is 3.96. The monoisotopic (exact) mass is 344 g/mol. The van der Waals surface area contributed by atoms with E-state index in [1.165, 1.54) is 6.20 Å². The highest BCUT2D eigenvalue weighted by atomic mass is 16.6. The maximum absolute atomic E-state index is 12.4. The number of H-pyrrole nitrogens is 1. The number of amides is 1. The van der Waals surface area contributed by atoms with Gasteiger partial charge in [-0.3, -0.25) is 4.79 Å². The number of hydrogen-bond donors (Lipinski definition) is 2. The third-order valence-corrected chi connectivity index (χ3v) is 4.34. The molecule has 3 rings (SSSR count). The summed E-state index contributed by atoms with van der Waals surface area (Å²) in [5, 5.41) is 19.7. The van der Waals surface area contributed by atoms with Gasteiger partial charge in [0.2, 0.25) is 0 Å². The molecule has 8 heteroatoms. The molecule has 0 radical (unpaired) electrons. The minimum atomic E-state index is -0.649. The van der Waals surface area contributed by atoms with E-state index < -0.39 is 16.6 Å². The van der Waals surface area contributed by atoms with Crippen LogP contribution in [0.2, 0.25) is 0 Å². The zero-order valence-electron chi connectivity index (χ0n) is 13.9. The van der Waals surface area contributed by atoms with Crippen LogP contribution in [-0.2, 0) is 0 Å². The van der Waals surface area contributed by atoms with Crippen LogP contribution in [0.5, 0.6) is 5.75 Å². The second kappa shape index (κ2) is 7.33. The van der Waals surface area contributed by atoms with Crippen LogP contribution in [0.15, 0.2) is 30.5 Å². The number of hydrogen-bond acceptors (Lipinski definition) is 5. The molecule has 0 aliphatic heterocycles. The zero-order valence-corrected chi connectivity index (χ0v) is 13.9. The van der Waals surface area contributed by atoms with Crippen molar-refractivity contribution in [2.45, 2.75) is 44.8 Å². The molecule has 0 saturated heterocycles. The van der Waals surface area contributed by atoms with E-state index in [0.717, 1.165) is 37.0 Å². The fourth-order valence-electron chi connectivity index (χ4n) is 3.10. The predicted molar refractivity (Wildman–Crippen MR) is 90.6 cm³/mol. The number of nitrogens with zero attached hydrogens (tertiary/aromatic N) is 2. The van der Waals surface area contributed by atoms with Gasteiger partial charge in [0.15, 0.2) is 5.56 Å². The van der Waals surface area contributed by atoms with E-state index in [2.05, 4.69) is 15.5 Å². The van der Waals surface area contributed by atoms with E-state index in [-0.39, 0.29) is 17.7 Å². The molecule has 1 aliphatic rings. The Morgan fingerprint density at radius 3 is 2.96 bits per heavy atom. The maximum Gasteiger partial charge on any atom is 0.355 e. The van der Waals surface area contributed by atoms with Crippen molar-refractivity contribution in [1.29, 1.82) is 0 Å². The number of ether oxygens (including phenoxy) is 1. The molecule has 1 amide bonds. The smallest absolute Gasteiger partial charge is 0.355 e. The first-order valence-corrected chi connectivity index (χ1v) is 8.26. The number of nitrogens with one attached hydrogen (secondary N) is 2. The summed E-state index contributed by atoms with van der Waals surface area (Å²) in [7, 11) is 0. The van der Waals surface area contributed by atoms with Gasteiger partial charge in [-0.15, -0.1) is 5.10 Å². The summed E-state index contributed by atoms with van der Waals surface area (Å²) in [4.78, 5) is 22.7. The molecule has 1 heterocycles. The molecule has 0 bridgehead atoms. The number of nitro groups is 1. The van der Waals surface area contributed by atoms with Gasteiger partial charge in [-0.1, -0.05) is 23.7 Å². The Balaban J connectivity index is 1.71. The predicted octanol–water partition coefficient (Wildman–Crippen LogP) is 2.75. The summed E-state index contributed by atoms with van der Waals surface area (Å²) in [5.41, 5.74) is 1.03. The Hall–Kier alpha value is -2.90. The number of aryl methyl sites for hydroxylation is 1. The molecule has 1 saturated carbocycles. The van der Waals surface area contributed by atoms with Crippen molar-refractivity contribution in [3.63, 3.8) is 0 Å². The van der Waals surface area contributed by atoms with Gasteiger partial charge < -0.3 is 20.2 Å². The van der Waals surface area contributed by atoms with Crippen LogP contribution in [-0.4, -0.2) is 33.2 Å². The third-order valence-electron chi connectivity index (χ3n) is 4.34. The highest BCUT2D eigenvalue weighted by molar-refractivity contribution is 5.97. The molecule has 1 aromatic heterocycles. The Morgan fingerprint density at radius 2 is 2.20 bits per heavy atom. The van der Waals surface area contributed by atoms with Crippen LogP contribution < -0.4 is 10.1 Å². The van der Waals surface area contributed by atoms with Gasteiger partial charge in [0.25, 0.3) is 5.91 Å². The number of rotatable bonds is 5. The topological polar surface area (TPSA) is 110 Å². The van der Waals surface area contributed by atoms with E-state index in [0.29, 0.717) is 0 Å². The van der Waals surface area contributed by atoms with Crippen molar-refractivity contribution in [2.24, 2.45) is 0 Å². The summed E-state index contributed by atoms with van der Waals surface area (Å²) in [6, 6.07) is 7.56. The first-order valence-electron chi connectivity index (χ1n) is 8.26. The average molecular weight is 344 g/mol. The Bertz CT molecular complexity index is 774. The SMILES string of the molecule is Cc1cccc(OC2CCCCC2NC(=O)c2cn[nH]c2[N+](=O)[O-])c1. The average Bonchev–Trinajstić information content (AvgIpc) is 3.07. The van der Waals surface area contributed by atoms with Crippen LogP contribution in [0.3, 0.4) is 0 Å². The molecular weight excluding hydrogens is 324 g/mol. The standard InChI is InChI=1S/C17H20N4O4/c1-11-5-4-6-12(9-11)25-15-8-3-2-7-14(15)19-17(22)13-10-18-20-16(13)21(23)24/h4-6,9-10,14-15H,2-3,7-8H2,1H3,(H,18,20)(H,19,22). The number of carbonyl (C=O) groups excluding carboxylic acids is 1. The molecule has 1 aromatic carbocycles. The van der Waals surface area contributed by atoms with Crippen molar-refractivity contribution in [3.8, 4) is 5.75 Å². The minimum Gasteiger partial charge on any atom is -0.488 e. The van der Waals surface area contributed by atoms with Gasteiger partial charge in [0.1, 0.15) is 11.9 Å². The lowest BCUT2D eigenvalue weighted by Gasteiger charge is -2.32. The van der Waals surface area contributed by atoms with Gasteiger partial charge >= 0.3 is 5.82 Å². The number of carbonyl (C=O) groups is 1. The lowest BCUT2D eigenvalue weighted by molar-refractivity contribution is -0.389. The van der Waals surface area contributed by atoms with E-state index in [9.17, 15) is 14.9 Å². The van der Waals surface area contributed by atoms with Gasteiger partial charge in [-0.25, -0.2) is 0 Å². The second-order valence-corrected chi connectivity index (χ2v) is 6.23. The van der Waals surface area contributed by atoms with E-state index in [1.54, 1.807) is 0 Å². The summed E-state index contributed by atoms with van der Waals surface area (Å²) in [6.45, 7) is 1.99.